The molecule has 6 heteroatoms. The molecule has 6 nitrogen and oxygen atoms in total. The summed E-state index contributed by atoms with van der Waals surface area (Å²) in [6, 6.07) is 10.7. The SMILES string of the molecule is Cc1ccc(C)c(NC(=O)c2cccc(C(=O)NCCCN(C)C)n2)c1. The molecule has 1 aromatic carbocycles. The lowest BCUT2D eigenvalue weighted by Gasteiger charge is -2.11. The van der Waals surface area contributed by atoms with Crippen molar-refractivity contribution in [2.24, 2.45) is 0 Å². The Kier molecular flexibility index (Phi) is 6.86. The maximum atomic E-state index is 12.5. The van der Waals surface area contributed by atoms with E-state index >= 15 is 0 Å². The van der Waals surface area contributed by atoms with Crippen LogP contribution in [0.1, 0.15) is 38.5 Å². The fourth-order valence-electron chi connectivity index (χ4n) is 2.43. The summed E-state index contributed by atoms with van der Waals surface area (Å²) >= 11 is 0. The lowest BCUT2D eigenvalue weighted by Crippen LogP contribution is -2.28. The van der Waals surface area contributed by atoms with Crippen molar-refractivity contribution in [3.63, 3.8) is 0 Å². The summed E-state index contributed by atoms with van der Waals surface area (Å²) in [6.07, 6.45) is 0.853. The van der Waals surface area contributed by atoms with Crippen LogP contribution in [0.2, 0.25) is 0 Å². The number of hydrogen-bond acceptors (Lipinski definition) is 4. The molecule has 1 heterocycles. The third-order valence-corrected chi connectivity index (χ3v) is 3.92. The van der Waals surface area contributed by atoms with Crippen LogP contribution in [0.25, 0.3) is 0 Å². The second-order valence-electron chi connectivity index (χ2n) is 6.59. The molecule has 2 amide bonds. The van der Waals surface area contributed by atoms with Gasteiger partial charge in [-0.2, -0.15) is 0 Å². The highest BCUT2D eigenvalue weighted by Crippen LogP contribution is 2.17. The number of pyridine rings is 1. The van der Waals surface area contributed by atoms with Gasteiger partial charge in [0.2, 0.25) is 0 Å². The van der Waals surface area contributed by atoms with Crippen molar-refractivity contribution < 1.29 is 9.59 Å². The smallest absolute Gasteiger partial charge is 0.274 e. The molecule has 2 rings (SSSR count). The lowest BCUT2D eigenvalue weighted by molar-refractivity contribution is 0.0947. The first-order valence-electron chi connectivity index (χ1n) is 8.65. The van der Waals surface area contributed by atoms with Gasteiger partial charge in [0.05, 0.1) is 0 Å². The lowest BCUT2D eigenvalue weighted by atomic mass is 10.1. The Morgan fingerprint density at radius 1 is 1.04 bits per heavy atom. The number of benzene rings is 1. The minimum absolute atomic E-state index is 0.215. The van der Waals surface area contributed by atoms with Gasteiger partial charge in [-0.1, -0.05) is 18.2 Å². The van der Waals surface area contributed by atoms with Gasteiger partial charge in [0.1, 0.15) is 11.4 Å². The molecule has 138 valence electrons. The van der Waals surface area contributed by atoms with Crippen LogP contribution in [0.3, 0.4) is 0 Å². The van der Waals surface area contributed by atoms with Gasteiger partial charge in [-0.25, -0.2) is 4.98 Å². The maximum absolute atomic E-state index is 12.5. The molecule has 0 aliphatic rings. The molecule has 0 spiro atoms. The Balaban J connectivity index is 2.02. The molecule has 1 aromatic heterocycles. The van der Waals surface area contributed by atoms with E-state index < -0.39 is 0 Å². The summed E-state index contributed by atoms with van der Waals surface area (Å²) < 4.78 is 0. The molecule has 0 bridgehead atoms. The first-order chi connectivity index (χ1) is 12.4. The summed E-state index contributed by atoms with van der Waals surface area (Å²) in [4.78, 5) is 30.9. The summed E-state index contributed by atoms with van der Waals surface area (Å²) in [5, 5.41) is 5.69. The zero-order valence-electron chi connectivity index (χ0n) is 15.8. The van der Waals surface area contributed by atoms with Crippen molar-refractivity contribution in [3.05, 3.63) is 58.9 Å². The van der Waals surface area contributed by atoms with E-state index in [0.717, 1.165) is 29.8 Å². The third-order valence-electron chi connectivity index (χ3n) is 3.92. The van der Waals surface area contributed by atoms with E-state index in [2.05, 4.69) is 20.5 Å². The van der Waals surface area contributed by atoms with Crippen LogP contribution in [0.15, 0.2) is 36.4 Å². The van der Waals surface area contributed by atoms with E-state index in [9.17, 15) is 9.59 Å². The standard InChI is InChI=1S/C20H26N4O2/c1-14-9-10-15(2)18(13-14)23-20(26)17-8-5-7-16(22-17)19(25)21-11-6-12-24(3)4/h5,7-10,13H,6,11-12H2,1-4H3,(H,21,25)(H,23,26). The number of carbonyl (C=O) groups is 2. The highest BCUT2D eigenvalue weighted by molar-refractivity contribution is 6.04. The largest absolute Gasteiger partial charge is 0.351 e. The fourth-order valence-corrected chi connectivity index (χ4v) is 2.43. The fraction of sp³-hybridized carbons (Fsp3) is 0.350. The Morgan fingerprint density at radius 3 is 2.42 bits per heavy atom. The van der Waals surface area contributed by atoms with Gasteiger partial charge in [0, 0.05) is 12.2 Å². The second-order valence-corrected chi connectivity index (χ2v) is 6.59. The van der Waals surface area contributed by atoms with Gasteiger partial charge < -0.3 is 15.5 Å². The van der Waals surface area contributed by atoms with Gasteiger partial charge >= 0.3 is 0 Å². The second kappa shape index (κ2) is 9.10. The van der Waals surface area contributed by atoms with Crippen LogP contribution in [0.4, 0.5) is 5.69 Å². The molecule has 0 atom stereocenters. The zero-order chi connectivity index (χ0) is 19.1. The average Bonchev–Trinajstić information content (AvgIpc) is 2.61. The highest BCUT2D eigenvalue weighted by atomic mass is 16.2. The molecule has 0 saturated heterocycles. The van der Waals surface area contributed by atoms with Gasteiger partial charge in [0.25, 0.3) is 11.8 Å². The quantitative estimate of drug-likeness (QED) is 0.750. The van der Waals surface area contributed by atoms with E-state index in [1.54, 1.807) is 18.2 Å². The molecule has 0 aliphatic carbocycles. The van der Waals surface area contributed by atoms with Crippen molar-refractivity contribution in [3.8, 4) is 0 Å². The van der Waals surface area contributed by atoms with Crippen LogP contribution in [-0.4, -0.2) is 48.9 Å². The highest BCUT2D eigenvalue weighted by Gasteiger charge is 2.13. The summed E-state index contributed by atoms with van der Waals surface area (Å²) in [5.41, 5.74) is 3.23. The number of carbonyl (C=O) groups excluding carboxylic acids is 2. The topological polar surface area (TPSA) is 74.3 Å². The predicted octanol–water partition coefficient (Wildman–Crippen LogP) is 2.63. The number of nitrogens with one attached hydrogen (secondary N) is 2. The third kappa shape index (κ3) is 5.67. The molecule has 0 saturated carbocycles. The number of aromatic nitrogens is 1. The van der Waals surface area contributed by atoms with Crippen molar-refractivity contribution >= 4 is 17.5 Å². The van der Waals surface area contributed by atoms with E-state index in [4.69, 9.17) is 0 Å². The summed E-state index contributed by atoms with van der Waals surface area (Å²) in [6.45, 7) is 5.36. The molecular formula is C20H26N4O2. The molecule has 0 aliphatic heterocycles. The molecular weight excluding hydrogens is 328 g/mol. The van der Waals surface area contributed by atoms with Crippen LogP contribution in [0, 0.1) is 13.8 Å². The predicted molar refractivity (Wildman–Crippen MR) is 104 cm³/mol. The van der Waals surface area contributed by atoms with Crippen molar-refractivity contribution in [1.29, 1.82) is 0 Å². The molecule has 0 fully saturated rings. The Hall–Kier alpha value is -2.73. The summed E-state index contributed by atoms with van der Waals surface area (Å²) in [7, 11) is 3.98. The maximum Gasteiger partial charge on any atom is 0.274 e. The molecule has 2 aromatic rings. The molecule has 0 unspecified atom stereocenters. The van der Waals surface area contributed by atoms with Gasteiger partial charge in [0.15, 0.2) is 0 Å². The van der Waals surface area contributed by atoms with Crippen molar-refractivity contribution in [1.82, 2.24) is 15.2 Å². The number of anilines is 1. The zero-order valence-corrected chi connectivity index (χ0v) is 15.8. The first kappa shape index (κ1) is 19.6. The number of aryl methyl sites for hydroxylation is 2. The van der Waals surface area contributed by atoms with Gasteiger partial charge in [-0.3, -0.25) is 9.59 Å². The van der Waals surface area contributed by atoms with Crippen LogP contribution in [-0.2, 0) is 0 Å². The minimum Gasteiger partial charge on any atom is -0.351 e. The van der Waals surface area contributed by atoms with Gasteiger partial charge in [-0.15, -0.1) is 0 Å². The number of amides is 2. The Bertz CT molecular complexity index is 787. The van der Waals surface area contributed by atoms with Crippen molar-refractivity contribution in [2.75, 3.05) is 32.5 Å². The van der Waals surface area contributed by atoms with Crippen LogP contribution >= 0.6 is 0 Å². The number of rotatable bonds is 7. The van der Waals surface area contributed by atoms with E-state index in [1.807, 2.05) is 46.1 Å². The van der Waals surface area contributed by atoms with Crippen molar-refractivity contribution in [2.45, 2.75) is 20.3 Å². The molecule has 26 heavy (non-hydrogen) atoms. The average molecular weight is 354 g/mol. The monoisotopic (exact) mass is 354 g/mol. The summed E-state index contributed by atoms with van der Waals surface area (Å²) in [5.74, 6) is -0.605. The molecule has 0 radical (unpaired) electrons. The minimum atomic E-state index is -0.332. The number of nitrogens with zero attached hydrogens (tertiary/aromatic N) is 2. The van der Waals surface area contributed by atoms with Crippen LogP contribution < -0.4 is 10.6 Å². The molecule has 2 N–H and O–H groups in total. The number of hydrogen-bond donors (Lipinski definition) is 2. The van der Waals surface area contributed by atoms with E-state index in [-0.39, 0.29) is 23.2 Å². The van der Waals surface area contributed by atoms with Crippen LogP contribution in [0.5, 0.6) is 0 Å². The Morgan fingerprint density at radius 2 is 1.73 bits per heavy atom. The normalized spacial score (nSPS) is 10.7. The first-order valence-corrected chi connectivity index (χ1v) is 8.65. The Labute approximate surface area is 154 Å². The van der Waals surface area contributed by atoms with Gasteiger partial charge in [-0.05, 0) is 70.2 Å². The van der Waals surface area contributed by atoms with E-state index in [0.29, 0.717) is 6.54 Å². The van der Waals surface area contributed by atoms with E-state index in [1.165, 1.54) is 0 Å².